The van der Waals surface area contributed by atoms with Crippen molar-refractivity contribution in [3.05, 3.63) is 71.8 Å². The first-order chi connectivity index (χ1) is 30.7. The normalized spacial score (nSPS) is 10.6. The Morgan fingerprint density at radius 1 is 0.354 bits per heavy atom. The van der Waals surface area contributed by atoms with Gasteiger partial charge in [0.25, 0.3) is 0 Å². The Kier molecular flexibility index (Phi) is 67.5. The van der Waals surface area contributed by atoms with Crippen molar-refractivity contribution in [2.24, 2.45) is 0 Å². The quantitative estimate of drug-likeness (QED) is 0.0399. The van der Waals surface area contributed by atoms with E-state index in [9.17, 15) is 0 Å². The Morgan fingerprint density at radius 2 is 0.523 bits per heavy atom. The van der Waals surface area contributed by atoms with Crippen molar-refractivity contribution >= 4 is 48.5 Å². The Morgan fingerprint density at radius 3 is 0.708 bits per heavy atom. The Hall–Kier alpha value is -0.441. The molecule has 0 aliphatic rings. The van der Waals surface area contributed by atoms with Crippen LogP contribution in [0.25, 0.3) is 0 Å². The molecule has 0 bridgehead atoms. The van der Waals surface area contributed by atoms with Crippen LogP contribution in [0.5, 0.6) is 0 Å². The van der Waals surface area contributed by atoms with E-state index in [0.717, 1.165) is 22.1 Å². The molecule has 0 fully saturated rings. The van der Waals surface area contributed by atoms with Gasteiger partial charge in [-0.2, -0.15) is 0 Å². The van der Waals surface area contributed by atoms with E-state index < -0.39 is 14.8 Å². The molecule has 0 saturated carbocycles. The summed E-state index contributed by atoms with van der Waals surface area (Å²) >= 11 is 5.84. The zero-order valence-corrected chi connectivity index (χ0v) is 47.1. The molecule has 0 spiro atoms. The summed E-state index contributed by atoms with van der Waals surface area (Å²) in [5.74, 6) is 0. The van der Waals surface area contributed by atoms with Crippen LogP contribution in [0.4, 0.5) is 0 Å². The first kappa shape index (κ1) is 73.5. The van der Waals surface area contributed by atoms with E-state index >= 15 is 0 Å². The van der Waals surface area contributed by atoms with Gasteiger partial charge in [-0.1, -0.05) is 254 Å². The van der Waals surface area contributed by atoms with Crippen LogP contribution in [-0.2, 0) is 35.6 Å². The molecule has 0 saturated heterocycles. The van der Waals surface area contributed by atoms with Crippen LogP contribution in [-0.4, -0.2) is 59.6 Å². The third-order valence-corrected chi connectivity index (χ3v) is 12.1. The van der Waals surface area contributed by atoms with Gasteiger partial charge in [-0.25, -0.2) is 0 Å². The summed E-state index contributed by atoms with van der Waals surface area (Å²) in [5.41, 5.74) is 2.92. The fraction of sp³-hybridized carbons (Fsp3) is 0.778. The molecule has 0 amide bonds. The number of nitrogens with zero attached hydrogens (tertiary/aromatic N) is 2. The number of benzene rings is 2. The van der Waals surface area contributed by atoms with Crippen LogP contribution in [0.2, 0.25) is 0 Å². The fourth-order valence-corrected chi connectivity index (χ4v) is 8.49. The van der Waals surface area contributed by atoms with Crippen molar-refractivity contribution in [3.8, 4) is 0 Å². The molecule has 2 aromatic rings. The Bertz CT molecular complexity index is 1090. The van der Waals surface area contributed by atoms with Crippen LogP contribution in [0.3, 0.4) is 0 Å². The van der Waals surface area contributed by atoms with Crippen LogP contribution in [0.1, 0.15) is 230 Å². The molecule has 2 rings (SSSR count). The standard InChI is InChI=1S/2C27H50N.2ClHO.2ClH.Mn.2O/c2*1-4-5-6-7-8-9-10-11-12-13-14-15-16-17-18-22-25-28(2,3)26-27-23-20-19-21-24-27;2*1-2;;;;;/h2*19-21,23-24H,4-18,22,25-26H2,1-3H3;2*2H;2*1H;;;/q2*+1;;;;;;;. The molecule has 2 aromatic carbocycles. The number of quaternary nitrogens is 2. The summed E-state index contributed by atoms with van der Waals surface area (Å²) in [7, 11) is 9.49. The van der Waals surface area contributed by atoms with Gasteiger partial charge in [-0.05, 0) is 25.7 Å². The molecule has 0 aliphatic heterocycles. The first-order valence-electron chi connectivity index (χ1n) is 25.6. The first-order valence-corrected chi connectivity index (χ1v) is 27.3. The zero-order valence-electron chi connectivity index (χ0n) is 42.8. The van der Waals surface area contributed by atoms with Crippen molar-refractivity contribution in [3.63, 3.8) is 0 Å². The van der Waals surface area contributed by atoms with Gasteiger partial charge in [0.2, 0.25) is 0 Å². The molecule has 0 unspecified atom stereocenters. The molecule has 65 heavy (non-hydrogen) atoms. The van der Waals surface area contributed by atoms with Crippen LogP contribution < -0.4 is 0 Å². The van der Waals surface area contributed by atoms with Gasteiger partial charge in [-0.3, -0.25) is 9.32 Å². The predicted octanol–water partition coefficient (Wildman–Crippen LogP) is 17.9. The molecule has 0 aromatic heterocycles. The van der Waals surface area contributed by atoms with E-state index in [2.05, 4.69) is 126 Å². The molecule has 0 atom stereocenters. The molecule has 2 N–H and O–H groups in total. The van der Waals surface area contributed by atoms with Crippen molar-refractivity contribution in [2.45, 2.75) is 232 Å². The van der Waals surface area contributed by atoms with Crippen molar-refractivity contribution < 1.29 is 40.8 Å². The van der Waals surface area contributed by atoms with Crippen molar-refractivity contribution in [1.82, 2.24) is 0 Å². The Labute approximate surface area is 432 Å². The Balaban J connectivity index is -0.000000316. The van der Waals surface area contributed by atoms with E-state index in [1.807, 2.05) is 0 Å². The van der Waals surface area contributed by atoms with E-state index in [1.54, 1.807) is 0 Å². The topological polar surface area (TPSA) is 74.6 Å². The number of hydrogen-bond donors (Lipinski definition) is 2. The third kappa shape index (κ3) is 59.6. The van der Waals surface area contributed by atoms with E-state index in [-0.39, 0.29) is 24.8 Å². The van der Waals surface area contributed by atoms with Gasteiger partial charge in [0.1, 0.15) is 13.1 Å². The summed E-state index contributed by atoms with van der Waals surface area (Å²) < 4.78 is 32.0. The molecular weight excluding hydrogens is 937 g/mol. The van der Waals surface area contributed by atoms with E-state index in [1.165, 1.54) is 230 Å². The van der Waals surface area contributed by atoms with Gasteiger partial charge in [0.15, 0.2) is 0 Å². The maximum atomic E-state index is 8.41. The SMILES string of the molecule is CCCCCCCCCCCCCCCCCC[N+](C)(C)Cc1ccccc1.CCCCCCCCCCCCCCCCCC[N+](C)(C)Cc1ccccc1.Cl.Cl.OCl.OCl.[O]=[Mn]=[O]. The average molecular weight is 1040 g/mol. The monoisotopic (exact) mass is 1040 g/mol. The van der Waals surface area contributed by atoms with Crippen molar-refractivity contribution in [1.29, 1.82) is 0 Å². The molecule has 0 aliphatic carbocycles. The molecule has 11 heteroatoms. The fourth-order valence-electron chi connectivity index (χ4n) is 8.49. The third-order valence-electron chi connectivity index (χ3n) is 12.1. The molecule has 6 nitrogen and oxygen atoms in total. The second-order valence-corrected chi connectivity index (χ2v) is 19.5. The van der Waals surface area contributed by atoms with E-state index in [4.69, 9.17) is 17.0 Å². The molecule has 0 heterocycles. The number of halogens is 4. The second kappa shape index (κ2) is 59.7. The summed E-state index contributed by atoms with van der Waals surface area (Å²) in [6.07, 6.45) is 46.3. The van der Waals surface area contributed by atoms with Gasteiger partial charge in [-0.15, -0.1) is 24.8 Å². The molecular formula is C54H104Cl4MnN2O4+2. The van der Waals surface area contributed by atoms with Crippen molar-refractivity contribution in [2.75, 3.05) is 41.3 Å². The van der Waals surface area contributed by atoms with Crippen LogP contribution in [0.15, 0.2) is 60.7 Å². The number of rotatable bonds is 38. The predicted molar refractivity (Wildman–Crippen MR) is 285 cm³/mol. The minimum absolute atomic E-state index is 0. The molecule has 387 valence electrons. The molecule has 0 radical (unpaired) electrons. The van der Waals surface area contributed by atoms with Crippen LogP contribution in [0, 0.1) is 0 Å². The minimum atomic E-state index is -1.44. The van der Waals surface area contributed by atoms with Gasteiger partial charge in [0, 0.05) is 11.1 Å². The summed E-state index contributed by atoms with van der Waals surface area (Å²) in [4.78, 5) is 0. The van der Waals surface area contributed by atoms with Gasteiger partial charge >= 0.3 is 22.5 Å². The second-order valence-electron chi connectivity index (χ2n) is 19.3. The maximum absolute atomic E-state index is 8.41. The van der Waals surface area contributed by atoms with Crippen LogP contribution >= 0.6 is 48.5 Å². The summed E-state index contributed by atoms with van der Waals surface area (Å²) in [6.45, 7) is 9.50. The van der Waals surface area contributed by atoms with E-state index in [0.29, 0.717) is 0 Å². The number of unbranched alkanes of at least 4 members (excludes halogenated alkanes) is 30. The van der Waals surface area contributed by atoms with Gasteiger partial charge < -0.3 is 8.97 Å². The van der Waals surface area contributed by atoms with Gasteiger partial charge in [0.05, 0.1) is 65.0 Å². The summed E-state index contributed by atoms with van der Waals surface area (Å²) in [5, 5.41) is 0. The summed E-state index contributed by atoms with van der Waals surface area (Å²) in [6, 6.07) is 21.9. The number of hydrogen-bond acceptors (Lipinski definition) is 4. The zero-order chi connectivity index (χ0) is 47.4. The average Bonchev–Trinajstić information content (AvgIpc) is 3.28.